The molecule has 0 fully saturated rings. The lowest BCUT2D eigenvalue weighted by atomic mass is 10.1. The largest absolute Gasteiger partial charge is 0.487 e. The lowest BCUT2D eigenvalue weighted by Crippen LogP contribution is -2.26. The van der Waals surface area contributed by atoms with Gasteiger partial charge in [-0.25, -0.2) is 5.84 Å². The average molecular weight is 391 g/mol. The molecular formula is C19H20Cl2N4O. The molecule has 0 atom stereocenters. The summed E-state index contributed by atoms with van der Waals surface area (Å²) in [6.45, 7) is 2.28. The van der Waals surface area contributed by atoms with E-state index in [1.165, 1.54) is 5.01 Å². The summed E-state index contributed by atoms with van der Waals surface area (Å²) in [5.41, 5.74) is 4.54. The van der Waals surface area contributed by atoms with Crippen LogP contribution in [-0.2, 0) is 13.7 Å². The first-order valence-electron chi connectivity index (χ1n) is 8.05. The number of hydrazine groups is 1. The predicted octanol–water partition coefficient (Wildman–Crippen LogP) is 4.59. The molecule has 0 unspecified atom stereocenters. The Morgan fingerprint density at radius 2 is 1.96 bits per heavy atom. The molecule has 0 spiro atoms. The fourth-order valence-electron chi connectivity index (χ4n) is 2.83. The fourth-order valence-corrected chi connectivity index (χ4v) is 3.29. The number of hydrogen-bond donors (Lipinski definition) is 1. The maximum absolute atomic E-state index is 6.42. The van der Waals surface area contributed by atoms with Crippen molar-refractivity contribution in [2.24, 2.45) is 12.9 Å². The molecule has 2 N–H and O–H groups in total. The van der Waals surface area contributed by atoms with Crippen LogP contribution in [0.25, 0.3) is 11.3 Å². The first kappa shape index (κ1) is 18.6. The monoisotopic (exact) mass is 390 g/mol. The van der Waals surface area contributed by atoms with Crippen LogP contribution in [-0.4, -0.2) is 16.8 Å². The number of anilines is 1. The van der Waals surface area contributed by atoms with Crippen molar-refractivity contribution in [3.8, 4) is 17.0 Å². The molecule has 7 heteroatoms. The van der Waals surface area contributed by atoms with Gasteiger partial charge in [-0.15, -0.1) is 0 Å². The van der Waals surface area contributed by atoms with Crippen molar-refractivity contribution in [1.29, 1.82) is 0 Å². The van der Waals surface area contributed by atoms with E-state index in [0.29, 0.717) is 15.8 Å². The van der Waals surface area contributed by atoms with Crippen LogP contribution in [0.5, 0.6) is 5.75 Å². The third-order valence-electron chi connectivity index (χ3n) is 4.06. The zero-order valence-corrected chi connectivity index (χ0v) is 16.3. The number of nitrogens with zero attached hydrogens (tertiary/aromatic N) is 3. The molecule has 1 aromatic heterocycles. The molecule has 2 aromatic carbocycles. The number of benzene rings is 2. The number of rotatable bonds is 5. The van der Waals surface area contributed by atoms with E-state index in [-0.39, 0.29) is 6.61 Å². The summed E-state index contributed by atoms with van der Waals surface area (Å²) in [5.74, 6) is 6.45. The van der Waals surface area contributed by atoms with E-state index in [1.54, 1.807) is 11.7 Å². The van der Waals surface area contributed by atoms with Crippen LogP contribution < -0.4 is 15.6 Å². The Kier molecular flexibility index (Phi) is 5.41. The van der Waals surface area contributed by atoms with E-state index in [4.69, 9.17) is 33.8 Å². The Balaban J connectivity index is 1.83. The summed E-state index contributed by atoms with van der Waals surface area (Å²) >= 11 is 12.7. The molecule has 5 nitrogen and oxygen atoms in total. The van der Waals surface area contributed by atoms with E-state index < -0.39 is 0 Å². The summed E-state index contributed by atoms with van der Waals surface area (Å²) in [6, 6.07) is 11.2. The zero-order valence-electron chi connectivity index (χ0n) is 14.8. The Labute approximate surface area is 162 Å². The van der Waals surface area contributed by atoms with Gasteiger partial charge in [-0.2, -0.15) is 5.10 Å². The summed E-state index contributed by atoms with van der Waals surface area (Å²) in [6.07, 6.45) is 1.97. The molecule has 1 heterocycles. The molecular weight excluding hydrogens is 371 g/mol. The number of ether oxygens (including phenoxy) is 1. The quantitative estimate of drug-likeness (QED) is 0.511. The van der Waals surface area contributed by atoms with Crippen LogP contribution in [0.4, 0.5) is 5.69 Å². The number of nitrogens with two attached hydrogens (primary N) is 1. The number of aryl methyl sites for hydroxylation is 2. The van der Waals surface area contributed by atoms with Crippen molar-refractivity contribution in [3.05, 3.63) is 63.8 Å². The van der Waals surface area contributed by atoms with Gasteiger partial charge in [0.15, 0.2) is 0 Å². The van der Waals surface area contributed by atoms with Gasteiger partial charge in [-0.05, 0) is 42.8 Å². The Morgan fingerprint density at radius 3 is 2.58 bits per heavy atom. The van der Waals surface area contributed by atoms with Crippen molar-refractivity contribution in [1.82, 2.24) is 9.78 Å². The molecule has 0 amide bonds. The van der Waals surface area contributed by atoms with E-state index in [2.05, 4.69) is 5.10 Å². The standard InChI is InChI=1S/C19H20Cl2N4O/c1-12-10-24(2)23-19(12)13-7-8-18(16(21)9-13)26-11-14-15(20)5-4-6-17(14)25(3)22/h4-10H,11,22H2,1-3H3. The Bertz CT molecular complexity index is 937. The minimum absolute atomic E-state index is 0.262. The molecule has 0 aliphatic carbocycles. The van der Waals surface area contributed by atoms with Crippen molar-refractivity contribution in [2.45, 2.75) is 13.5 Å². The third kappa shape index (κ3) is 3.80. The van der Waals surface area contributed by atoms with Crippen molar-refractivity contribution in [3.63, 3.8) is 0 Å². The van der Waals surface area contributed by atoms with Crippen LogP contribution in [0, 0.1) is 6.92 Å². The molecule has 0 saturated carbocycles. The fraction of sp³-hybridized carbons (Fsp3) is 0.211. The van der Waals surface area contributed by atoms with Gasteiger partial charge in [0.2, 0.25) is 0 Å². The first-order valence-corrected chi connectivity index (χ1v) is 8.81. The number of hydrogen-bond acceptors (Lipinski definition) is 4. The molecule has 0 radical (unpaired) electrons. The first-order chi connectivity index (χ1) is 12.4. The molecule has 26 heavy (non-hydrogen) atoms. The molecule has 0 aliphatic heterocycles. The number of aromatic nitrogens is 2. The Morgan fingerprint density at radius 1 is 1.19 bits per heavy atom. The molecule has 0 saturated heterocycles. The van der Waals surface area contributed by atoms with Crippen LogP contribution in [0.3, 0.4) is 0 Å². The van der Waals surface area contributed by atoms with Gasteiger partial charge in [0.05, 0.1) is 16.4 Å². The van der Waals surface area contributed by atoms with Gasteiger partial charge in [-0.1, -0.05) is 29.3 Å². The molecule has 3 rings (SSSR count). The molecule has 3 aromatic rings. The van der Waals surface area contributed by atoms with Crippen molar-refractivity contribution in [2.75, 3.05) is 12.1 Å². The van der Waals surface area contributed by atoms with Crippen LogP contribution in [0.1, 0.15) is 11.1 Å². The molecule has 0 bridgehead atoms. The minimum atomic E-state index is 0.262. The second kappa shape index (κ2) is 7.58. The maximum Gasteiger partial charge on any atom is 0.138 e. The number of halogens is 2. The van der Waals surface area contributed by atoms with Gasteiger partial charge in [0.25, 0.3) is 0 Å². The van der Waals surface area contributed by atoms with Gasteiger partial charge in [-0.3, -0.25) is 4.68 Å². The highest BCUT2D eigenvalue weighted by Crippen LogP contribution is 2.33. The van der Waals surface area contributed by atoms with Crippen molar-refractivity contribution >= 4 is 28.9 Å². The summed E-state index contributed by atoms with van der Waals surface area (Å²) in [7, 11) is 3.65. The second-order valence-electron chi connectivity index (χ2n) is 6.12. The van der Waals surface area contributed by atoms with E-state index in [0.717, 1.165) is 28.1 Å². The predicted molar refractivity (Wildman–Crippen MR) is 107 cm³/mol. The Hall–Kier alpha value is -2.21. The molecule has 136 valence electrons. The summed E-state index contributed by atoms with van der Waals surface area (Å²) < 4.78 is 7.68. The lowest BCUT2D eigenvalue weighted by molar-refractivity contribution is 0.307. The van der Waals surface area contributed by atoms with Crippen LogP contribution in [0.15, 0.2) is 42.6 Å². The van der Waals surface area contributed by atoms with Gasteiger partial charge in [0.1, 0.15) is 12.4 Å². The molecule has 0 aliphatic rings. The normalized spacial score (nSPS) is 10.8. The summed E-state index contributed by atoms with van der Waals surface area (Å²) in [5, 5.41) is 7.09. The third-order valence-corrected chi connectivity index (χ3v) is 4.71. The highest BCUT2D eigenvalue weighted by molar-refractivity contribution is 6.32. The van der Waals surface area contributed by atoms with E-state index in [1.807, 2.05) is 56.6 Å². The van der Waals surface area contributed by atoms with Gasteiger partial charge < -0.3 is 9.75 Å². The smallest absolute Gasteiger partial charge is 0.138 e. The highest BCUT2D eigenvalue weighted by Gasteiger charge is 2.13. The van der Waals surface area contributed by atoms with E-state index >= 15 is 0 Å². The minimum Gasteiger partial charge on any atom is -0.487 e. The SMILES string of the molecule is Cc1cn(C)nc1-c1ccc(OCc2c(Cl)cccc2N(C)N)c(Cl)c1. The second-order valence-corrected chi connectivity index (χ2v) is 6.93. The zero-order chi connectivity index (χ0) is 18.8. The maximum atomic E-state index is 6.42. The van der Waals surface area contributed by atoms with Gasteiger partial charge >= 0.3 is 0 Å². The average Bonchev–Trinajstić information content (AvgIpc) is 2.92. The van der Waals surface area contributed by atoms with Gasteiger partial charge in [0, 0.05) is 36.4 Å². The van der Waals surface area contributed by atoms with Crippen LogP contribution in [0.2, 0.25) is 10.0 Å². The van der Waals surface area contributed by atoms with Crippen LogP contribution >= 0.6 is 23.2 Å². The highest BCUT2D eigenvalue weighted by atomic mass is 35.5. The topological polar surface area (TPSA) is 56.3 Å². The summed E-state index contributed by atoms with van der Waals surface area (Å²) in [4.78, 5) is 0. The van der Waals surface area contributed by atoms with E-state index in [9.17, 15) is 0 Å². The van der Waals surface area contributed by atoms with Crippen molar-refractivity contribution < 1.29 is 4.74 Å². The lowest BCUT2D eigenvalue weighted by Gasteiger charge is -2.18.